The molecule has 0 atom stereocenters. The maximum atomic E-state index is 13.3. The smallest absolute Gasteiger partial charge is 0.338 e. The zero-order chi connectivity index (χ0) is 37.9. The van der Waals surface area contributed by atoms with E-state index in [1.807, 2.05) is 85.8 Å². The summed E-state index contributed by atoms with van der Waals surface area (Å²) in [4.78, 5) is 37.4. The molecule has 2 aliphatic rings. The van der Waals surface area contributed by atoms with E-state index >= 15 is 0 Å². The van der Waals surface area contributed by atoms with Crippen LogP contribution in [0.15, 0.2) is 83.2 Å². The van der Waals surface area contributed by atoms with Crippen LogP contribution >= 0.6 is 34.3 Å². The minimum Gasteiger partial charge on any atom is -0.462 e. The summed E-state index contributed by atoms with van der Waals surface area (Å²) in [6.07, 6.45) is 9.21. The zero-order valence-corrected chi connectivity index (χ0v) is 32.9. The molecule has 1 aliphatic heterocycles. The van der Waals surface area contributed by atoms with Gasteiger partial charge in [-0.1, -0.05) is 66.6 Å². The van der Waals surface area contributed by atoms with Gasteiger partial charge in [0.1, 0.15) is 22.4 Å². The lowest BCUT2D eigenvalue weighted by Crippen LogP contribution is -2.17. The lowest BCUT2D eigenvalue weighted by molar-refractivity contribution is -0.115. The molecule has 0 bridgehead atoms. The van der Waals surface area contributed by atoms with E-state index in [1.54, 1.807) is 29.6 Å². The first-order valence-corrected chi connectivity index (χ1v) is 20.6. The number of aromatic nitrogens is 4. The Morgan fingerprint density at radius 2 is 1.87 bits per heavy atom. The van der Waals surface area contributed by atoms with E-state index in [0.717, 1.165) is 60.9 Å². The van der Waals surface area contributed by atoms with Crippen LogP contribution in [-0.2, 0) is 35.3 Å². The molecule has 4 heterocycles. The molecule has 1 saturated carbocycles. The third-order valence-electron chi connectivity index (χ3n) is 9.95. The molecule has 0 saturated heterocycles. The lowest BCUT2D eigenvalue weighted by atomic mass is 9.83. The van der Waals surface area contributed by atoms with Crippen LogP contribution in [0.5, 0.6) is 0 Å². The third kappa shape index (κ3) is 8.10. The van der Waals surface area contributed by atoms with Crippen molar-refractivity contribution in [1.29, 1.82) is 0 Å². The Hall–Kier alpha value is -5.23. The number of rotatable bonds is 12. The van der Waals surface area contributed by atoms with Gasteiger partial charge in [0, 0.05) is 38.0 Å². The number of aliphatic imine (C=N–C) groups is 1. The highest BCUT2D eigenvalue weighted by Gasteiger charge is 2.26. The summed E-state index contributed by atoms with van der Waals surface area (Å²) in [6, 6.07) is 23.3. The first kappa shape index (κ1) is 36.7. The second-order valence-electron chi connectivity index (χ2n) is 13.7. The number of carbonyl (C=O) groups is 2. The van der Waals surface area contributed by atoms with Crippen molar-refractivity contribution in [2.45, 2.75) is 64.8 Å². The quantitative estimate of drug-likeness (QED) is 0.124. The highest BCUT2D eigenvalue weighted by Crippen LogP contribution is 2.37. The molecule has 1 fully saturated rings. The summed E-state index contributed by atoms with van der Waals surface area (Å²) in [5.41, 5.74) is 7.51. The van der Waals surface area contributed by atoms with Crippen LogP contribution in [0.25, 0.3) is 17.2 Å². The fraction of sp³-hybridized carbons (Fsp3) is 0.256. The van der Waals surface area contributed by atoms with Crippen LogP contribution < -0.4 is 5.32 Å². The zero-order valence-electron chi connectivity index (χ0n) is 30.5. The maximum absolute atomic E-state index is 13.3. The Labute approximate surface area is 332 Å². The number of anilines is 1. The predicted molar refractivity (Wildman–Crippen MR) is 221 cm³/mol. The van der Waals surface area contributed by atoms with Gasteiger partial charge in [0.15, 0.2) is 5.82 Å². The first-order valence-electron chi connectivity index (χ1n) is 18.5. The number of nitrogens with zero attached hydrogens (tertiary/aromatic N) is 5. The van der Waals surface area contributed by atoms with Crippen LogP contribution in [0.3, 0.4) is 0 Å². The van der Waals surface area contributed by atoms with E-state index in [1.165, 1.54) is 25.0 Å². The van der Waals surface area contributed by atoms with Crippen molar-refractivity contribution in [3.63, 3.8) is 0 Å². The number of ether oxygens (including phenoxy) is 1. The molecular weight excluding hydrogens is 748 g/mol. The first-order chi connectivity index (χ1) is 26.8. The van der Waals surface area contributed by atoms with E-state index in [9.17, 15) is 9.59 Å². The van der Waals surface area contributed by atoms with Gasteiger partial charge >= 0.3 is 5.97 Å². The number of amides is 1. The number of hydrogen-bond donors (Lipinski definition) is 1. The van der Waals surface area contributed by atoms with E-state index in [0.29, 0.717) is 40.7 Å². The van der Waals surface area contributed by atoms with Gasteiger partial charge in [-0.05, 0) is 92.6 Å². The molecular formula is C43H39ClN6O3S2. The number of halogens is 1. The van der Waals surface area contributed by atoms with Crippen molar-refractivity contribution < 1.29 is 14.3 Å². The van der Waals surface area contributed by atoms with Gasteiger partial charge in [-0.2, -0.15) is 0 Å². The van der Waals surface area contributed by atoms with Crippen LogP contribution in [0, 0.1) is 6.92 Å². The van der Waals surface area contributed by atoms with Crippen molar-refractivity contribution in [2.75, 3.05) is 11.9 Å². The molecule has 1 N–H and O–H groups in total. The second-order valence-corrected chi connectivity index (χ2v) is 16.1. The van der Waals surface area contributed by atoms with Crippen LogP contribution in [0.2, 0.25) is 5.02 Å². The molecule has 55 heavy (non-hydrogen) atoms. The molecule has 6 aromatic rings. The summed E-state index contributed by atoms with van der Waals surface area (Å²) in [5.74, 6) is 1.53. The van der Waals surface area contributed by atoms with E-state index in [-0.39, 0.29) is 18.9 Å². The molecule has 3 aromatic heterocycles. The molecule has 12 heteroatoms. The molecule has 1 aliphatic carbocycles. The summed E-state index contributed by atoms with van der Waals surface area (Å²) in [5, 5.41) is 16.5. The molecule has 0 spiro atoms. The second kappa shape index (κ2) is 16.2. The summed E-state index contributed by atoms with van der Waals surface area (Å²) in [7, 11) is 0. The number of carbonyl (C=O) groups excluding carboxylic acids is 2. The lowest BCUT2D eigenvalue weighted by Gasteiger charge is -2.22. The fourth-order valence-corrected chi connectivity index (χ4v) is 9.16. The average molecular weight is 787 g/mol. The number of thiazole rings is 1. The summed E-state index contributed by atoms with van der Waals surface area (Å²) in [6.45, 7) is 4.36. The summed E-state index contributed by atoms with van der Waals surface area (Å²) >= 11 is 10.00. The van der Waals surface area contributed by atoms with Crippen molar-refractivity contribution in [2.24, 2.45) is 4.99 Å². The highest BCUT2D eigenvalue weighted by molar-refractivity contribution is 7.15. The number of thiophene rings is 1. The van der Waals surface area contributed by atoms with Crippen LogP contribution in [0.1, 0.15) is 97.5 Å². The van der Waals surface area contributed by atoms with Gasteiger partial charge < -0.3 is 10.1 Å². The monoisotopic (exact) mass is 786 g/mol. The fourth-order valence-electron chi connectivity index (χ4n) is 6.92. The van der Waals surface area contributed by atoms with Crippen LogP contribution in [-0.4, -0.2) is 43.9 Å². The van der Waals surface area contributed by atoms with E-state index < -0.39 is 5.97 Å². The van der Waals surface area contributed by atoms with Crippen molar-refractivity contribution >= 4 is 69.7 Å². The average Bonchev–Trinajstić information content (AvgIpc) is 3.87. The standard InChI is InChI=1S/C43H39ClN6O3S2/c1-3-53-43(52)34-21-28(15-18-32-23-35-41(33-12-4-5-13-36(33)44)45-24-38-49-48-26(2)50(38)42(35)55-32)14-17-30(34)22-39(51)46-31-11-6-8-27(20-31)16-19-40-47-37(25-54-40)29-9-7-10-29/h4-6,8,11-14,16-17,19-21,23,25,29H,3,7,9-10,15,18,22,24H2,1-2H3,(H,46,51). The Kier molecular flexibility index (Phi) is 10.8. The van der Waals surface area contributed by atoms with E-state index in [2.05, 4.69) is 31.5 Å². The number of esters is 1. The molecule has 9 nitrogen and oxygen atoms in total. The molecule has 1 amide bonds. The van der Waals surface area contributed by atoms with E-state index in [4.69, 9.17) is 26.3 Å². The molecule has 0 radical (unpaired) electrons. The minimum atomic E-state index is -0.444. The van der Waals surface area contributed by atoms with Gasteiger partial charge in [-0.3, -0.25) is 14.4 Å². The summed E-state index contributed by atoms with van der Waals surface area (Å²) < 4.78 is 7.52. The molecule has 3 aromatic carbocycles. The molecule has 0 unspecified atom stereocenters. The van der Waals surface area contributed by atoms with Gasteiger partial charge in [0.25, 0.3) is 0 Å². The van der Waals surface area contributed by atoms with Crippen molar-refractivity contribution in [3.8, 4) is 5.00 Å². The topological polar surface area (TPSA) is 111 Å². The third-order valence-corrected chi connectivity index (χ3v) is 12.3. The maximum Gasteiger partial charge on any atom is 0.338 e. The Balaban J connectivity index is 0.972. The number of aryl methyl sites for hydroxylation is 3. The Morgan fingerprint density at radius 3 is 2.69 bits per heavy atom. The van der Waals surface area contributed by atoms with Gasteiger partial charge in [0.2, 0.25) is 5.91 Å². The molecule has 8 rings (SSSR count). The largest absolute Gasteiger partial charge is 0.462 e. The Bertz CT molecular complexity index is 2460. The van der Waals surface area contributed by atoms with Gasteiger partial charge in [-0.25, -0.2) is 9.78 Å². The predicted octanol–water partition coefficient (Wildman–Crippen LogP) is 9.68. The molecule has 278 valence electrons. The van der Waals surface area contributed by atoms with Crippen molar-refractivity contribution in [1.82, 2.24) is 19.7 Å². The Morgan fingerprint density at radius 1 is 1.00 bits per heavy atom. The van der Waals surface area contributed by atoms with Gasteiger partial charge in [0.05, 0.1) is 30.0 Å². The number of fused-ring (bicyclic) bond motifs is 3. The normalized spacial score (nSPS) is 13.8. The van der Waals surface area contributed by atoms with Crippen LogP contribution in [0.4, 0.5) is 5.69 Å². The number of hydrogen-bond acceptors (Lipinski definition) is 9. The number of benzene rings is 3. The van der Waals surface area contributed by atoms with Gasteiger partial charge in [-0.15, -0.1) is 32.9 Å². The minimum absolute atomic E-state index is 0.0278. The van der Waals surface area contributed by atoms with Crippen molar-refractivity contribution in [3.05, 3.63) is 144 Å². The SMILES string of the molecule is CCOC(=O)c1cc(CCc2cc3c(s2)-n2c(C)nnc2CN=C3c2ccccc2Cl)ccc1CC(=O)Nc1cccc(C=Cc2nc(C3CCC3)cs2)c1. The highest BCUT2D eigenvalue weighted by atomic mass is 35.5. The number of nitrogens with one attached hydrogen (secondary N) is 1.